The molecule has 6 nitrogen and oxygen atoms in total. The molecular weight excluding hydrogens is 254 g/mol. The normalized spacial score (nSPS) is 26.4. The van der Waals surface area contributed by atoms with Crippen LogP contribution in [0, 0.1) is 6.92 Å². The Bertz CT molecular complexity index is 528. The summed E-state index contributed by atoms with van der Waals surface area (Å²) in [5.41, 5.74) is 0.532. The van der Waals surface area contributed by atoms with Crippen molar-refractivity contribution in [2.75, 3.05) is 13.1 Å². The summed E-state index contributed by atoms with van der Waals surface area (Å²) in [5.74, 6) is 0. The summed E-state index contributed by atoms with van der Waals surface area (Å²) in [6, 6.07) is 0. The molecule has 1 aromatic rings. The SMILES string of the molecule is Cc1nn(C)cc1S(=O)(=O)N1C[C@@H](C)O[C@H](C)C1. The fourth-order valence-corrected chi connectivity index (χ4v) is 4.09. The van der Waals surface area contributed by atoms with E-state index in [9.17, 15) is 8.42 Å². The molecule has 0 spiro atoms. The van der Waals surface area contributed by atoms with Crippen molar-refractivity contribution >= 4 is 10.0 Å². The lowest BCUT2D eigenvalue weighted by Gasteiger charge is -2.34. The van der Waals surface area contributed by atoms with Crippen LogP contribution in [0.4, 0.5) is 0 Å². The Balaban J connectivity index is 2.34. The van der Waals surface area contributed by atoms with Gasteiger partial charge in [-0.2, -0.15) is 9.40 Å². The molecule has 0 radical (unpaired) electrons. The summed E-state index contributed by atoms with van der Waals surface area (Å²) in [4.78, 5) is 0.284. The Labute approximate surface area is 108 Å². The largest absolute Gasteiger partial charge is 0.373 e. The number of sulfonamides is 1. The van der Waals surface area contributed by atoms with E-state index in [1.807, 2.05) is 13.8 Å². The number of morpholine rings is 1. The molecule has 18 heavy (non-hydrogen) atoms. The molecule has 1 aliphatic rings. The van der Waals surface area contributed by atoms with Crippen LogP contribution in [0.25, 0.3) is 0 Å². The van der Waals surface area contributed by atoms with Gasteiger partial charge in [-0.3, -0.25) is 4.68 Å². The van der Waals surface area contributed by atoms with Crippen LogP contribution < -0.4 is 0 Å². The fourth-order valence-electron chi connectivity index (χ4n) is 2.30. The van der Waals surface area contributed by atoms with Gasteiger partial charge < -0.3 is 4.74 Å². The topological polar surface area (TPSA) is 64.4 Å². The first kappa shape index (κ1) is 13.5. The Morgan fingerprint density at radius 3 is 2.33 bits per heavy atom. The van der Waals surface area contributed by atoms with Crippen molar-refractivity contribution in [3.05, 3.63) is 11.9 Å². The van der Waals surface area contributed by atoms with Gasteiger partial charge in [0.2, 0.25) is 10.0 Å². The van der Waals surface area contributed by atoms with Gasteiger partial charge in [0, 0.05) is 26.3 Å². The molecular formula is C11H19N3O3S. The van der Waals surface area contributed by atoms with Gasteiger partial charge in [-0.05, 0) is 20.8 Å². The van der Waals surface area contributed by atoms with Crippen LogP contribution in [0.3, 0.4) is 0 Å². The molecule has 0 bridgehead atoms. The van der Waals surface area contributed by atoms with E-state index in [-0.39, 0.29) is 17.1 Å². The minimum Gasteiger partial charge on any atom is -0.373 e. The molecule has 0 aliphatic carbocycles. The second-order valence-electron chi connectivity index (χ2n) is 4.83. The lowest BCUT2D eigenvalue weighted by atomic mass is 10.3. The van der Waals surface area contributed by atoms with Gasteiger partial charge in [0.05, 0.1) is 17.9 Å². The molecule has 7 heteroatoms. The second kappa shape index (κ2) is 4.64. The van der Waals surface area contributed by atoms with E-state index in [2.05, 4.69) is 5.10 Å². The van der Waals surface area contributed by atoms with Gasteiger partial charge in [0.15, 0.2) is 0 Å². The number of aryl methyl sites for hydroxylation is 2. The van der Waals surface area contributed by atoms with Crippen LogP contribution in [-0.2, 0) is 21.8 Å². The van der Waals surface area contributed by atoms with Crippen molar-refractivity contribution in [3.8, 4) is 0 Å². The third kappa shape index (κ3) is 2.43. The first-order valence-electron chi connectivity index (χ1n) is 5.96. The Hall–Kier alpha value is -0.920. The highest BCUT2D eigenvalue weighted by atomic mass is 32.2. The van der Waals surface area contributed by atoms with Crippen LogP contribution in [0.1, 0.15) is 19.5 Å². The zero-order valence-corrected chi connectivity index (χ0v) is 11.9. The highest BCUT2D eigenvalue weighted by Gasteiger charge is 2.33. The first-order valence-corrected chi connectivity index (χ1v) is 7.40. The van der Waals surface area contributed by atoms with Crippen molar-refractivity contribution in [3.63, 3.8) is 0 Å². The Morgan fingerprint density at radius 2 is 1.89 bits per heavy atom. The Kier molecular flexibility index (Phi) is 3.48. The minimum absolute atomic E-state index is 0.0829. The van der Waals surface area contributed by atoms with Crippen molar-refractivity contribution in [2.24, 2.45) is 7.05 Å². The molecule has 0 N–H and O–H groups in total. The van der Waals surface area contributed by atoms with E-state index in [1.165, 1.54) is 8.99 Å². The zero-order valence-electron chi connectivity index (χ0n) is 11.1. The summed E-state index contributed by atoms with van der Waals surface area (Å²) >= 11 is 0. The molecule has 1 fully saturated rings. The van der Waals surface area contributed by atoms with Crippen molar-refractivity contribution in [1.29, 1.82) is 0 Å². The maximum Gasteiger partial charge on any atom is 0.246 e. The van der Waals surface area contributed by atoms with Gasteiger partial charge in [0.25, 0.3) is 0 Å². The lowest BCUT2D eigenvalue weighted by molar-refractivity contribution is -0.0440. The third-order valence-corrected chi connectivity index (χ3v) is 4.91. The average Bonchev–Trinajstić information content (AvgIpc) is 2.57. The van der Waals surface area contributed by atoms with Crippen LogP contribution in [0.15, 0.2) is 11.1 Å². The smallest absolute Gasteiger partial charge is 0.246 e. The van der Waals surface area contributed by atoms with Crippen LogP contribution >= 0.6 is 0 Å². The van der Waals surface area contributed by atoms with Gasteiger partial charge in [-0.1, -0.05) is 0 Å². The monoisotopic (exact) mass is 273 g/mol. The fraction of sp³-hybridized carbons (Fsp3) is 0.727. The average molecular weight is 273 g/mol. The molecule has 2 rings (SSSR count). The van der Waals surface area contributed by atoms with Crippen LogP contribution in [0.5, 0.6) is 0 Å². The molecule has 1 aromatic heterocycles. The Morgan fingerprint density at radius 1 is 1.33 bits per heavy atom. The number of hydrogen-bond donors (Lipinski definition) is 0. The van der Waals surface area contributed by atoms with Crippen LogP contribution in [-0.4, -0.2) is 47.8 Å². The quantitative estimate of drug-likeness (QED) is 0.788. The predicted molar refractivity (Wildman–Crippen MR) is 66.7 cm³/mol. The van der Waals surface area contributed by atoms with Gasteiger partial charge >= 0.3 is 0 Å². The molecule has 0 unspecified atom stereocenters. The van der Waals surface area contributed by atoms with E-state index in [0.717, 1.165) is 0 Å². The maximum absolute atomic E-state index is 12.5. The van der Waals surface area contributed by atoms with Crippen molar-refractivity contribution in [1.82, 2.24) is 14.1 Å². The summed E-state index contributed by atoms with van der Waals surface area (Å²) in [5, 5.41) is 4.09. The molecule has 2 atom stereocenters. The molecule has 0 aromatic carbocycles. The number of aromatic nitrogens is 2. The first-order chi connectivity index (χ1) is 8.30. The molecule has 2 heterocycles. The summed E-state index contributed by atoms with van der Waals surface area (Å²) < 4.78 is 33.6. The minimum atomic E-state index is -3.47. The number of nitrogens with zero attached hydrogens (tertiary/aromatic N) is 3. The highest BCUT2D eigenvalue weighted by Crippen LogP contribution is 2.22. The second-order valence-corrected chi connectivity index (χ2v) is 6.74. The zero-order chi connectivity index (χ0) is 13.5. The van der Waals surface area contributed by atoms with Gasteiger partial charge in [0.1, 0.15) is 4.90 Å². The molecule has 102 valence electrons. The summed E-state index contributed by atoms with van der Waals surface area (Å²) in [7, 11) is -1.75. The van der Waals surface area contributed by atoms with E-state index in [4.69, 9.17) is 4.74 Å². The summed E-state index contributed by atoms with van der Waals surface area (Å²) in [6.07, 6.45) is 1.39. The highest BCUT2D eigenvalue weighted by molar-refractivity contribution is 7.89. The maximum atomic E-state index is 12.5. The van der Waals surface area contributed by atoms with E-state index < -0.39 is 10.0 Å². The lowest BCUT2D eigenvalue weighted by Crippen LogP contribution is -2.48. The number of ether oxygens (including phenoxy) is 1. The van der Waals surface area contributed by atoms with Crippen molar-refractivity contribution < 1.29 is 13.2 Å². The van der Waals surface area contributed by atoms with Crippen molar-refractivity contribution in [2.45, 2.75) is 37.9 Å². The predicted octanol–water partition coefficient (Wildman–Crippen LogP) is 0.526. The van der Waals surface area contributed by atoms with E-state index in [0.29, 0.717) is 18.8 Å². The summed E-state index contributed by atoms with van der Waals surface area (Å²) in [6.45, 7) is 6.25. The molecule has 1 saturated heterocycles. The molecule has 1 aliphatic heterocycles. The number of hydrogen-bond acceptors (Lipinski definition) is 4. The van der Waals surface area contributed by atoms with Gasteiger partial charge in [-0.25, -0.2) is 8.42 Å². The van der Waals surface area contributed by atoms with E-state index >= 15 is 0 Å². The van der Waals surface area contributed by atoms with Crippen LogP contribution in [0.2, 0.25) is 0 Å². The van der Waals surface area contributed by atoms with E-state index in [1.54, 1.807) is 20.2 Å². The van der Waals surface area contributed by atoms with Gasteiger partial charge in [-0.15, -0.1) is 0 Å². The molecule has 0 amide bonds. The molecule has 0 saturated carbocycles. The third-order valence-electron chi connectivity index (χ3n) is 2.97. The number of rotatable bonds is 2. The standard InChI is InChI=1S/C11H19N3O3S/c1-8-5-14(6-9(2)17-8)18(15,16)11-7-13(4)12-10(11)3/h7-9H,5-6H2,1-4H3/t8-,9-/m1/s1.